The number of ether oxygens (including phenoxy) is 1. The van der Waals surface area contributed by atoms with Crippen LogP contribution in [0.2, 0.25) is 0 Å². The third-order valence-electron chi connectivity index (χ3n) is 3.82. The molecule has 0 aliphatic carbocycles. The molecule has 0 radical (unpaired) electrons. The minimum Gasteiger partial charge on any atom is -0.378 e. The van der Waals surface area contributed by atoms with E-state index < -0.39 is 5.54 Å². The van der Waals surface area contributed by atoms with Crippen molar-refractivity contribution in [1.82, 2.24) is 10.2 Å². The van der Waals surface area contributed by atoms with Gasteiger partial charge in [-0.05, 0) is 6.42 Å². The molecule has 2 amide bonds. The largest absolute Gasteiger partial charge is 0.378 e. The molecule has 2 fully saturated rings. The lowest BCUT2D eigenvalue weighted by molar-refractivity contribution is -0.0343. The summed E-state index contributed by atoms with van der Waals surface area (Å²) in [5.41, 5.74) is -0.497. The van der Waals surface area contributed by atoms with E-state index >= 15 is 0 Å². The molecule has 2 N–H and O–H groups in total. The van der Waals surface area contributed by atoms with Crippen LogP contribution in [0.3, 0.4) is 0 Å². The summed E-state index contributed by atoms with van der Waals surface area (Å²) in [5.74, 6) is 0.318. The van der Waals surface area contributed by atoms with Crippen molar-refractivity contribution in [3.05, 3.63) is 12.7 Å². The van der Waals surface area contributed by atoms with Crippen molar-refractivity contribution in [3.63, 3.8) is 0 Å². The van der Waals surface area contributed by atoms with Gasteiger partial charge in [-0.1, -0.05) is 19.4 Å². The molecule has 5 nitrogen and oxygen atoms in total. The number of amidine groups is 1. The van der Waals surface area contributed by atoms with E-state index in [4.69, 9.17) is 10.1 Å². The van der Waals surface area contributed by atoms with Crippen LogP contribution in [0, 0.1) is 5.41 Å². The molecule has 0 aromatic heterocycles. The van der Waals surface area contributed by atoms with E-state index in [0.29, 0.717) is 31.8 Å². The fourth-order valence-corrected chi connectivity index (χ4v) is 2.92. The summed E-state index contributed by atoms with van der Waals surface area (Å²) in [6, 6.07) is -0.183. The lowest BCUT2D eigenvalue weighted by Crippen LogP contribution is -2.55. The van der Waals surface area contributed by atoms with E-state index in [-0.39, 0.29) is 12.1 Å². The minimum atomic E-state index is -0.497. The highest BCUT2D eigenvalue weighted by molar-refractivity contribution is 6.08. The van der Waals surface area contributed by atoms with Crippen LogP contribution < -0.4 is 5.32 Å². The van der Waals surface area contributed by atoms with E-state index in [1.807, 2.05) is 0 Å². The number of nitrogens with zero attached hydrogens (tertiary/aromatic N) is 1. The predicted molar refractivity (Wildman–Crippen MR) is 69.8 cm³/mol. The number of urea groups is 1. The first kappa shape index (κ1) is 13.1. The van der Waals surface area contributed by atoms with Crippen molar-refractivity contribution < 1.29 is 9.53 Å². The maximum atomic E-state index is 11.9. The lowest BCUT2D eigenvalue weighted by Gasteiger charge is -2.42. The number of hydrogen-bond donors (Lipinski definition) is 2. The fourth-order valence-electron chi connectivity index (χ4n) is 2.92. The van der Waals surface area contributed by atoms with Gasteiger partial charge < -0.3 is 9.64 Å². The van der Waals surface area contributed by atoms with Crippen LogP contribution in [0.4, 0.5) is 4.79 Å². The number of nitrogens with one attached hydrogen (secondary N) is 2. The van der Waals surface area contributed by atoms with Gasteiger partial charge in [0, 0.05) is 26.0 Å². The van der Waals surface area contributed by atoms with Crippen molar-refractivity contribution >= 4 is 11.9 Å². The van der Waals surface area contributed by atoms with Gasteiger partial charge in [-0.25, -0.2) is 4.79 Å². The Labute approximate surface area is 108 Å². The van der Waals surface area contributed by atoms with Crippen LogP contribution in [-0.2, 0) is 4.74 Å². The van der Waals surface area contributed by atoms with Crippen LogP contribution in [0.25, 0.3) is 0 Å². The maximum Gasteiger partial charge on any atom is 0.323 e. The summed E-state index contributed by atoms with van der Waals surface area (Å²) in [5, 5.41) is 10.7. The monoisotopic (exact) mass is 251 g/mol. The third kappa shape index (κ3) is 2.03. The van der Waals surface area contributed by atoms with Crippen molar-refractivity contribution in [2.45, 2.75) is 44.2 Å². The van der Waals surface area contributed by atoms with Crippen LogP contribution >= 0.6 is 0 Å². The Morgan fingerprint density at radius 2 is 2.50 bits per heavy atom. The summed E-state index contributed by atoms with van der Waals surface area (Å²) in [6.45, 7) is 6.90. The number of rotatable bonds is 4. The molecular formula is C13H21N3O2. The smallest absolute Gasteiger partial charge is 0.323 e. The van der Waals surface area contributed by atoms with Crippen LogP contribution in [-0.4, -0.2) is 41.6 Å². The first-order valence-corrected chi connectivity index (χ1v) is 6.54. The van der Waals surface area contributed by atoms with Gasteiger partial charge in [0.25, 0.3) is 0 Å². The minimum absolute atomic E-state index is 0.143. The number of hydrogen-bond acceptors (Lipinski definition) is 3. The Kier molecular flexibility index (Phi) is 3.71. The van der Waals surface area contributed by atoms with Crippen molar-refractivity contribution in [2.24, 2.45) is 0 Å². The summed E-state index contributed by atoms with van der Waals surface area (Å²) in [7, 11) is 0. The average molecular weight is 251 g/mol. The van der Waals surface area contributed by atoms with Gasteiger partial charge in [0.2, 0.25) is 0 Å². The van der Waals surface area contributed by atoms with E-state index in [0.717, 1.165) is 12.8 Å². The van der Waals surface area contributed by atoms with E-state index in [2.05, 4.69) is 18.8 Å². The molecular weight excluding hydrogens is 230 g/mol. The van der Waals surface area contributed by atoms with Crippen molar-refractivity contribution in [2.75, 3.05) is 13.2 Å². The van der Waals surface area contributed by atoms with Crippen molar-refractivity contribution in [3.8, 4) is 0 Å². The zero-order valence-corrected chi connectivity index (χ0v) is 10.9. The first-order valence-electron chi connectivity index (χ1n) is 6.54. The molecule has 1 spiro atoms. The van der Waals surface area contributed by atoms with Gasteiger partial charge in [-0.15, -0.1) is 6.58 Å². The average Bonchev–Trinajstić information content (AvgIpc) is 2.55. The highest BCUT2D eigenvalue weighted by Crippen LogP contribution is 2.36. The Morgan fingerprint density at radius 1 is 1.72 bits per heavy atom. The Balaban J connectivity index is 2.22. The zero-order valence-electron chi connectivity index (χ0n) is 10.9. The summed E-state index contributed by atoms with van der Waals surface area (Å²) in [6.07, 6.45) is 5.29. The molecule has 2 heterocycles. The second-order valence-corrected chi connectivity index (χ2v) is 4.97. The first-order chi connectivity index (χ1) is 8.64. The van der Waals surface area contributed by atoms with Gasteiger partial charge in [0.05, 0.1) is 6.10 Å². The van der Waals surface area contributed by atoms with Gasteiger partial charge in [0.15, 0.2) is 0 Å². The second-order valence-electron chi connectivity index (χ2n) is 4.97. The fraction of sp³-hybridized carbons (Fsp3) is 0.692. The Hall–Kier alpha value is -1.36. The summed E-state index contributed by atoms with van der Waals surface area (Å²) < 4.78 is 5.73. The quantitative estimate of drug-likeness (QED) is 0.749. The molecule has 0 saturated carbocycles. The molecule has 0 bridgehead atoms. The Bertz CT molecular complexity index is 367. The number of carbonyl (C=O) groups excluding carboxylic acids is 1. The van der Waals surface area contributed by atoms with Gasteiger partial charge in [0.1, 0.15) is 11.4 Å². The molecule has 18 heavy (non-hydrogen) atoms. The molecule has 5 heteroatoms. The van der Waals surface area contributed by atoms with E-state index in [1.54, 1.807) is 11.0 Å². The van der Waals surface area contributed by atoms with E-state index in [9.17, 15) is 4.79 Å². The molecule has 100 valence electrons. The van der Waals surface area contributed by atoms with Gasteiger partial charge in [-0.2, -0.15) is 0 Å². The molecule has 2 atom stereocenters. The molecule has 2 saturated heterocycles. The van der Waals surface area contributed by atoms with Gasteiger partial charge in [-0.3, -0.25) is 10.7 Å². The molecule has 0 aromatic carbocycles. The highest BCUT2D eigenvalue weighted by atomic mass is 16.5. The second kappa shape index (κ2) is 5.10. The lowest BCUT2D eigenvalue weighted by atomic mass is 9.83. The molecule has 2 rings (SSSR count). The van der Waals surface area contributed by atoms with Crippen LogP contribution in [0.15, 0.2) is 12.7 Å². The topological polar surface area (TPSA) is 65.4 Å². The zero-order chi connectivity index (χ0) is 13.2. The standard InChI is InChI=1S/C13H21N3O2/c1-3-5-10-9-13(6-8-18-10)11(14)15-12(17)16(13)7-4-2/h4,10H,2-3,5-9H2,1H3,(H2,14,15,17). The van der Waals surface area contributed by atoms with Crippen LogP contribution in [0.1, 0.15) is 32.6 Å². The highest BCUT2D eigenvalue weighted by Gasteiger charge is 2.52. The van der Waals surface area contributed by atoms with Crippen LogP contribution in [0.5, 0.6) is 0 Å². The molecule has 2 aliphatic rings. The third-order valence-corrected chi connectivity index (χ3v) is 3.82. The van der Waals surface area contributed by atoms with Crippen molar-refractivity contribution in [1.29, 1.82) is 5.41 Å². The SMILES string of the molecule is C=CCN1C(=O)NC(=N)C12CCOC(CCC)C2. The number of carbonyl (C=O) groups is 1. The van der Waals surface area contributed by atoms with E-state index in [1.165, 1.54) is 0 Å². The molecule has 2 unspecified atom stereocenters. The molecule has 0 aromatic rings. The van der Waals surface area contributed by atoms with Gasteiger partial charge >= 0.3 is 6.03 Å². The normalized spacial score (nSPS) is 31.8. The summed E-state index contributed by atoms with van der Waals surface area (Å²) in [4.78, 5) is 13.6. The predicted octanol–water partition coefficient (Wildman–Crippen LogP) is 1.89. The summed E-state index contributed by atoms with van der Waals surface area (Å²) >= 11 is 0. The Morgan fingerprint density at radius 3 is 3.17 bits per heavy atom. The number of amides is 2. The molecule has 2 aliphatic heterocycles. The maximum absolute atomic E-state index is 11.9.